The number of benzene rings is 2. The molecule has 1 heterocycles. The molecule has 0 aliphatic heterocycles. The number of sulfonamides is 1. The monoisotopic (exact) mass is 450 g/mol. The Morgan fingerprint density at radius 2 is 1.93 bits per heavy atom. The Bertz CT molecular complexity index is 1200. The molecule has 0 radical (unpaired) electrons. The molecule has 0 spiro atoms. The average molecular weight is 451 g/mol. The highest BCUT2D eigenvalue weighted by Gasteiger charge is 2.12. The van der Waals surface area contributed by atoms with Crippen molar-refractivity contribution in [2.45, 2.75) is 4.90 Å². The number of hydrogen-bond acceptors (Lipinski definition) is 6. The maximum atomic E-state index is 11.3. The fourth-order valence-corrected chi connectivity index (χ4v) is 4.06. The molecule has 0 aliphatic carbocycles. The highest BCUT2D eigenvalue weighted by molar-refractivity contribution is 7.89. The number of nitriles is 1. The van der Waals surface area contributed by atoms with Gasteiger partial charge < -0.3 is 5.32 Å². The van der Waals surface area contributed by atoms with Crippen LogP contribution in [0.4, 0.5) is 5.69 Å². The lowest BCUT2D eigenvalue weighted by atomic mass is 10.2. The van der Waals surface area contributed by atoms with Crippen molar-refractivity contribution in [3.8, 4) is 17.3 Å². The van der Waals surface area contributed by atoms with Gasteiger partial charge in [-0.15, -0.1) is 11.3 Å². The Kier molecular flexibility index (Phi) is 6.03. The molecule has 0 saturated carbocycles. The largest absolute Gasteiger partial charge is 0.360 e. The van der Waals surface area contributed by atoms with E-state index < -0.39 is 10.0 Å². The van der Waals surface area contributed by atoms with Crippen LogP contribution in [0.3, 0.4) is 0 Å². The van der Waals surface area contributed by atoms with Crippen molar-refractivity contribution in [3.05, 3.63) is 69.1 Å². The number of primary sulfonamides is 1. The number of hydrogen-bond donors (Lipinski definition) is 2. The minimum absolute atomic E-state index is 0.00643. The number of thiazole rings is 1. The summed E-state index contributed by atoms with van der Waals surface area (Å²) in [4.78, 5) is 4.47. The number of nitrogens with zero attached hydrogens (tertiary/aromatic N) is 2. The summed E-state index contributed by atoms with van der Waals surface area (Å²) in [5.74, 6) is 0. The number of halogens is 2. The Balaban J connectivity index is 1.82. The van der Waals surface area contributed by atoms with Crippen molar-refractivity contribution in [3.63, 3.8) is 0 Å². The van der Waals surface area contributed by atoms with E-state index in [2.05, 4.69) is 16.4 Å². The number of allylic oxidation sites excluding steroid dienone is 1. The van der Waals surface area contributed by atoms with E-state index in [1.54, 1.807) is 35.7 Å². The molecule has 0 amide bonds. The number of nitrogens with one attached hydrogen (secondary N) is 1. The molecular formula is C18H12Cl2N4O2S2. The van der Waals surface area contributed by atoms with Gasteiger partial charge in [0.2, 0.25) is 10.0 Å². The molecule has 0 fully saturated rings. The SMILES string of the molecule is N#C/C(=C/Nc1ccc(S(N)(=O)=O)cc1)c1nc(-c2ccc(Cl)cc2Cl)cs1. The quantitative estimate of drug-likeness (QED) is 0.545. The van der Waals surface area contributed by atoms with E-state index in [0.717, 1.165) is 5.56 Å². The van der Waals surface area contributed by atoms with E-state index in [0.29, 0.717) is 32.0 Å². The van der Waals surface area contributed by atoms with E-state index in [1.165, 1.54) is 29.7 Å². The zero-order chi connectivity index (χ0) is 20.3. The highest BCUT2D eigenvalue weighted by Crippen LogP contribution is 2.32. The second-order valence-corrected chi connectivity index (χ2v) is 8.81. The number of rotatable bonds is 5. The fourth-order valence-electron chi connectivity index (χ4n) is 2.26. The van der Waals surface area contributed by atoms with Gasteiger partial charge in [0.25, 0.3) is 0 Å². The molecule has 3 aromatic rings. The van der Waals surface area contributed by atoms with E-state index >= 15 is 0 Å². The summed E-state index contributed by atoms with van der Waals surface area (Å²) in [6, 6.07) is 13.1. The molecule has 3 rings (SSSR count). The molecule has 0 unspecified atom stereocenters. The Morgan fingerprint density at radius 3 is 2.54 bits per heavy atom. The summed E-state index contributed by atoms with van der Waals surface area (Å²) in [5, 5.41) is 20.8. The van der Waals surface area contributed by atoms with Crippen molar-refractivity contribution < 1.29 is 8.42 Å². The van der Waals surface area contributed by atoms with Gasteiger partial charge in [0, 0.05) is 27.9 Å². The molecule has 142 valence electrons. The van der Waals surface area contributed by atoms with Gasteiger partial charge >= 0.3 is 0 Å². The second kappa shape index (κ2) is 8.31. The van der Waals surface area contributed by atoms with Crippen LogP contribution in [0.5, 0.6) is 0 Å². The van der Waals surface area contributed by atoms with Crippen LogP contribution in [0.25, 0.3) is 16.8 Å². The average Bonchev–Trinajstić information content (AvgIpc) is 3.11. The minimum atomic E-state index is -3.75. The zero-order valence-corrected chi connectivity index (χ0v) is 17.2. The number of anilines is 1. The predicted molar refractivity (Wildman–Crippen MR) is 113 cm³/mol. The maximum Gasteiger partial charge on any atom is 0.238 e. The molecule has 2 aromatic carbocycles. The molecule has 0 saturated heterocycles. The van der Waals surface area contributed by atoms with Crippen LogP contribution >= 0.6 is 34.5 Å². The van der Waals surface area contributed by atoms with Gasteiger partial charge in [-0.25, -0.2) is 18.5 Å². The fraction of sp³-hybridized carbons (Fsp3) is 0. The van der Waals surface area contributed by atoms with Gasteiger partial charge in [-0.05, 0) is 42.5 Å². The first-order chi connectivity index (χ1) is 13.3. The van der Waals surface area contributed by atoms with Crippen molar-refractivity contribution in [1.29, 1.82) is 5.26 Å². The molecular weight excluding hydrogens is 439 g/mol. The van der Waals surface area contributed by atoms with Gasteiger partial charge in [0.05, 0.1) is 15.6 Å². The van der Waals surface area contributed by atoms with E-state index in [4.69, 9.17) is 28.3 Å². The third kappa shape index (κ3) is 4.70. The van der Waals surface area contributed by atoms with Gasteiger partial charge in [-0.1, -0.05) is 23.2 Å². The standard InChI is InChI=1S/C18H12Cl2N4O2S2/c19-12-1-6-15(16(20)7-12)17-10-27-18(24-17)11(8-21)9-23-13-2-4-14(5-3-13)28(22,25)26/h1-7,9-10,23H,(H2,22,25,26)/b11-9-. The first-order valence-electron chi connectivity index (χ1n) is 7.69. The smallest absolute Gasteiger partial charge is 0.238 e. The lowest BCUT2D eigenvalue weighted by molar-refractivity contribution is 0.598. The molecule has 0 bridgehead atoms. The normalized spacial score (nSPS) is 11.9. The van der Waals surface area contributed by atoms with Crippen LogP contribution < -0.4 is 10.5 Å². The Hall–Kier alpha value is -2.41. The third-order valence-corrected chi connectivity index (χ3v) is 5.98. The first kappa shape index (κ1) is 20.3. The lowest BCUT2D eigenvalue weighted by Gasteiger charge is -2.03. The first-order valence-corrected chi connectivity index (χ1v) is 10.9. The summed E-state index contributed by atoms with van der Waals surface area (Å²) in [6.45, 7) is 0. The van der Waals surface area contributed by atoms with Crippen LogP contribution in [0.15, 0.2) is 58.9 Å². The van der Waals surface area contributed by atoms with Gasteiger partial charge in [-0.3, -0.25) is 0 Å². The summed E-state index contributed by atoms with van der Waals surface area (Å²) >= 11 is 13.4. The van der Waals surface area contributed by atoms with Crippen LogP contribution in [-0.2, 0) is 10.0 Å². The molecule has 6 nitrogen and oxygen atoms in total. The van der Waals surface area contributed by atoms with Crippen molar-refractivity contribution in [2.75, 3.05) is 5.32 Å². The van der Waals surface area contributed by atoms with Gasteiger partial charge in [-0.2, -0.15) is 5.26 Å². The molecule has 3 N–H and O–H groups in total. The third-order valence-electron chi connectivity index (χ3n) is 3.63. The van der Waals surface area contributed by atoms with Crippen LogP contribution in [-0.4, -0.2) is 13.4 Å². The number of nitrogens with two attached hydrogens (primary N) is 1. The minimum Gasteiger partial charge on any atom is -0.360 e. The predicted octanol–water partition coefficient (Wildman–Crippen LogP) is 4.74. The van der Waals surface area contributed by atoms with Crippen LogP contribution in [0, 0.1) is 11.3 Å². The van der Waals surface area contributed by atoms with Crippen molar-refractivity contribution in [1.82, 2.24) is 4.98 Å². The van der Waals surface area contributed by atoms with Gasteiger partial charge in [0.15, 0.2) is 0 Å². The topological polar surface area (TPSA) is 109 Å². The summed E-state index contributed by atoms with van der Waals surface area (Å²) < 4.78 is 22.6. The summed E-state index contributed by atoms with van der Waals surface area (Å²) in [5.41, 5.74) is 2.27. The molecule has 28 heavy (non-hydrogen) atoms. The molecule has 0 atom stereocenters. The maximum absolute atomic E-state index is 11.3. The summed E-state index contributed by atoms with van der Waals surface area (Å²) in [6.07, 6.45) is 1.50. The van der Waals surface area contributed by atoms with Crippen LogP contribution in [0.1, 0.15) is 5.01 Å². The van der Waals surface area contributed by atoms with E-state index in [-0.39, 0.29) is 4.90 Å². The van der Waals surface area contributed by atoms with Crippen LogP contribution in [0.2, 0.25) is 10.0 Å². The number of aromatic nitrogens is 1. The zero-order valence-electron chi connectivity index (χ0n) is 14.1. The Labute approximate surface area is 175 Å². The second-order valence-electron chi connectivity index (χ2n) is 5.55. The van der Waals surface area contributed by atoms with E-state index in [1.807, 2.05) is 0 Å². The van der Waals surface area contributed by atoms with Crippen molar-refractivity contribution in [2.24, 2.45) is 5.14 Å². The molecule has 1 aromatic heterocycles. The Morgan fingerprint density at radius 1 is 1.21 bits per heavy atom. The summed E-state index contributed by atoms with van der Waals surface area (Å²) in [7, 11) is -3.75. The van der Waals surface area contributed by atoms with E-state index in [9.17, 15) is 13.7 Å². The van der Waals surface area contributed by atoms with Crippen molar-refractivity contribution >= 4 is 55.8 Å². The lowest BCUT2D eigenvalue weighted by Crippen LogP contribution is -2.11. The molecule has 0 aliphatic rings. The molecule has 10 heteroatoms. The highest BCUT2D eigenvalue weighted by atomic mass is 35.5. The van der Waals surface area contributed by atoms with Gasteiger partial charge in [0.1, 0.15) is 16.6 Å².